The van der Waals surface area contributed by atoms with Crippen molar-refractivity contribution in [3.05, 3.63) is 0 Å². The largest absolute Gasteiger partial charge is 0.468 e. The predicted octanol–water partition coefficient (Wildman–Crippen LogP) is -0.945. The number of ether oxygens (including phenoxy) is 1. The summed E-state index contributed by atoms with van der Waals surface area (Å²) in [6, 6.07) is 0. The minimum Gasteiger partial charge on any atom is -0.468 e. The minimum absolute atomic E-state index is 0. The third-order valence-electron chi connectivity index (χ3n) is 0.980. The van der Waals surface area contributed by atoms with E-state index in [0.717, 1.165) is 14.0 Å². The molecule has 11 heavy (non-hydrogen) atoms. The van der Waals surface area contributed by atoms with Gasteiger partial charge in [0.25, 0.3) is 10.1 Å². The van der Waals surface area contributed by atoms with Crippen molar-refractivity contribution in [3.8, 4) is 0 Å². The van der Waals surface area contributed by atoms with Gasteiger partial charge in [0.1, 0.15) is 0 Å². The maximum absolute atomic E-state index is 10.4. The van der Waals surface area contributed by atoms with Gasteiger partial charge in [-0.25, -0.2) is 0 Å². The molecular formula is C4H8KO5S. The summed E-state index contributed by atoms with van der Waals surface area (Å²) in [4.78, 5) is 10.4. The zero-order valence-corrected chi connectivity index (χ0v) is 10.5. The Bertz CT molecular complexity index is 221. The van der Waals surface area contributed by atoms with Crippen LogP contribution in [0.1, 0.15) is 6.92 Å². The molecule has 0 aliphatic heterocycles. The number of hydrogen-bond donors (Lipinski definition) is 1. The molecule has 1 atom stereocenters. The first-order valence-corrected chi connectivity index (χ1v) is 3.94. The van der Waals surface area contributed by atoms with Gasteiger partial charge in [0.05, 0.1) is 7.11 Å². The number of carbonyl (C=O) groups is 1. The molecule has 0 aromatic carbocycles. The molecule has 0 rings (SSSR count). The number of carbonyl (C=O) groups excluding carboxylic acids is 1. The topological polar surface area (TPSA) is 80.7 Å². The predicted molar refractivity (Wildman–Crippen MR) is 38.8 cm³/mol. The minimum atomic E-state index is -4.29. The molecule has 61 valence electrons. The Morgan fingerprint density at radius 3 is 2.00 bits per heavy atom. The molecule has 0 aliphatic carbocycles. The van der Waals surface area contributed by atoms with Crippen LogP contribution in [0, 0.1) is 0 Å². The second kappa shape index (κ2) is 5.63. The fourth-order valence-corrected chi connectivity index (χ4v) is 0.627. The van der Waals surface area contributed by atoms with Crippen LogP contribution >= 0.6 is 0 Å². The number of rotatable bonds is 2. The molecule has 5 nitrogen and oxygen atoms in total. The van der Waals surface area contributed by atoms with Crippen LogP contribution in [0.5, 0.6) is 0 Å². The van der Waals surface area contributed by atoms with Gasteiger partial charge >= 0.3 is 5.97 Å². The van der Waals surface area contributed by atoms with E-state index in [1.54, 1.807) is 0 Å². The van der Waals surface area contributed by atoms with Crippen LogP contribution in [0.3, 0.4) is 0 Å². The Kier molecular flexibility index (Phi) is 7.43. The van der Waals surface area contributed by atoms with Gasteiger partial charge < -0.3 is 4.74 Å². The Labute approximate surface area is 108 Å². The zero-order chi connectivity index (χ0) is 8.36. The van der Waals surface area contributed by atoms with E-state index in [1.807, 2.05) is 0 Å². The standard InChI is InChI=1S/C4H8O5S.K/c1-3(4(5)9-2)10(6,7)8;/h3H,1-2H3,(H,6,7,8);. The summed E-state index contributed by atoms with van der Waals surface area (Å²) in [6.45, 7) is 1.04. The Balaban J connectivity index is 0. The monoisotopic (exact) mass is 207 g/mol. The van der Waals surface area contributed by atoms with E-state index in [-0.39, 0.29) is 51.4 Å². The van der Waals surface area contributed by atoms with Gasteiger partial charge in [-0.15, -0.1) is 0 Å². The van der Waals surface area contributed by atoms with Crippen LogP contribution in [0.4, 0.5) is 0 Å². The molecule has 0 bridgehead atoms. The van der Waals surface area contributed by atoms with E-state index in [4.69, 9.17) is 4.55 Å². The van der Waals surface area contributed by atoms with Crippen molar-refractivity contribution in [2.45, 2.75) is 12.2 Å². The quantitative estimate of drug-likeness (QED) is 0.359. The van der Waals surface area contributed by atoms with Crippen molar-refractivity contribution in [1.29, 1.82) is 0 Å². The third kappa shape index (κ3) is 5.29. The van der Waals surface area contributed by atoms with E-state index >= 15 is 0 Å². The van der Waals surface area contributed by atoms with E-state index < -0.39 is 21.3 Å². The Morgan fingerprint density at radius 1 is 1.55 bits per heavy atom. The van der Waals surface area contributed by atoms with E-state index in [2.05, 4.69) is 4.74 Å². The summed E-state index contributed by atoms with van der Waals surface area (Å²) < 4.78 is 32.7. The summed E-state index contributed by atoms with van der Waals surface area (Å²) in [7, 11) is -3.24. The average molecular weight is 207 g/mol. The SMILES string of the molecule is COC(=O)C(C)S(=O)(=O)O.[K]. The third-order valence-corrected chi connectivity index (χ3v) is 2.07. The van der Waals surface area contributed by atoms with Gasteiger partial charge in [0.2, 0.25) is 0 Å². The number of methoxy groups -OCH3 is 1. The molecule has 0 fully saturated rings. The van der Waals surface area contributed by atoms with Gasteiger partial charge in [-0.3, -0.25) is 9.35 Å². The fourth-order valence-electron chi connectivity index (χ4n) is 0.288. The molecule has 1 N–H and O–H groups in total. The van der Waals surface area contributed by atoms with Crippen molar-refractivity contribution in [2.24, 2.45) is 0 Å². The molecule has 0 amide bonds. The number of esters is 1. The molecule has 0 saturated carbocycles. The summed E-state index contributed by atoms with van der Waals surface area (Å²) in [5.41, 5.74) is 0. The van der Waals surface area contributed by atoms with Crippen molar-refractivity contribution in [1.82, 2.24) is 0 Å². The van der Waals surface area contributed by atoms with Crippen molar-refractivity contribution < 1.29 is 22.5 Å². The van der Waals surface area contributed by atoms with Crippen LogP contribution in [0.2, 0.25) is 0 Å². The first-order valence-electron chi connectivity index (χ1n) is 2.43. The summed E-state index contributed by atoms with van der Waals surface area (Å²) in [5, 5.41) is -1.50. The van der Waals surface area contributed by atoms with Gasteiger partial charge in [0.15, 0.2) is 5.25 Å². The molecule has 0 saturated heterocycles. The van der Waals surface area contributed by atoms with E-state index in [0.29, 0.717) is 0 Å². The smallest absolute Gasteiger partial charge is 0.326 e. The molecule has 7 heteroatoms. The molecule has 0 aromatic heterocycles. The van der Waals surface area contributed by atoms with Crippen LogP contribution < -0.4 is 0 Å². The van der Waals surface area contributed by atoms with Gasteiger partial charge in [-0.1, -0.05) is 0 Å². The maximum atomic E-state index is 10.4. The van der Waals surface area contributed by atoms with Gasteiger partial charge in [0, 0.05) is 51.4 Å². The van der Waals surface area contributed by atoms with Gasteiger partial charge in [-0.2, -0.15) is 8.42 Å². The van der Waals surface area contributed by atoms with Crippen molar-refractivity contribution in [2.75, 3.05) is 7.11 Å². The Morgan fingerprint density at radius 2 is 1.91 bits per heavy atom. The number of hydrogen-bond acceptors (Lipinski definition) is 4. The summed E-state index contributed by atoms with van der Waals surface area (Å²) in [6.07, 6.45) is 0. The molecule has 0 aromatic rings. The molecule has 0 aliphatic rings. The summed E-state index contributed by atoms with van der Waals surface area (Å²) >= 11 is 0. The van der Waals surface area contributed by atoms with Gasteiger partial charge in [-0.05, 0) is 6.92 Å². The van der Waals surface area contributed by atoms with Crippen molar-refractivity contribution >= 4 is 67.5 Å². The normalized spacial score (nSPS) is 13.0. The fraction of sp³-hybridized carbons (Fsp3) is 0.750. The van der Waals surface area contributed by atoms with Crippen LogP contribution in [-0.4, -0.2) is 82.7 Å². The first-order chi connectivity index (χ1) is 4.39. The van der Waals surface area contributed by atoms with Crippen LogP contribution in [-0.2, 0) is 19.6 Å². The first kappa shape index (κ1) is 14.5. The van der Waals surface area contributed by atoms with E-state index in [9.17, 15) is 13.2 Å². The van der Waals surface area contributed by atoms with Crippen LogP contribution in [0.25, 0.3) is 0 Å². The maximum Gasteiger partial charge on any atom is 0.326 e. The second-order valence-electron chi connectivity index (χ2n) is 1.68. The van der Waals surface area contributed by atoms with E-state index in [1.165, 1.54) is 0 Å². The molecule has 0 spiro atoms. The van der Waals surface area contributed by atoms with Crippen molar-refractivity contribution in [3.63, 3.8) is 0 Å². The molecule has 1 unspecified atom stereocenters. The summed E-state index contributed by atoms with van der Waals surface area (Å²) in [5.74, 6) is -0.970. The molecule has 1 radical (unpaired) electrons. The molecular weight excluding hydrogens is 199 g/mol. The zero-order valence-electron chi connectivity index (χ0n) is 6.57. The van der Waals surface area contributed by atoms with Crippen LogP contribution in [0.15, 0.2) is 0 Å². The molecule has 0 heterocycles. The second-order valence-corrected chi connectivity index (χ2v) is 3.42. The Hall–Kier alpha value is 1.02. The average Bonchev–Trinajstić information content (AvgIpc) is 1.83.